The van der Waals surface area contributed by atoms with Gasteiger partial charge in [-0.2, -0.15) is 5.26 Å². The molecule has 0 amide bonds. The standard InChI is InChI=1S/C23H43N3O.C22H22N4S/c1-6-10-12-18(8-3)16-26(17-19(9-4)13-11-7-2)22-14-20(24)21(25)15-23(22)27-5;1-2-3-5-8-16-11-13-18(14-12-16)25-26-22-20(17-9-6-4-7-10-17)19(15-23)21(24)27-22/h14-15,18-19H,6-13,16-17,24-25H2,1-5H3;4,6-7,9-14H,2-3,5,8,24H2,1H3. The summed E-state index contributed by atoms with van der Waals surface area (Å²) in [5, 5.41) is 19.4. The van der Waals surface area contributed by atoms with E-state index in [1.54, 1.807) is 7.11 Å². The van der Waals surface area contributed by atoms with Crippen LogP contribution in [0.5, 0.6) is 5.75 Å². The second-order valence-electron chi connectivity index (χ2n) is 14.2. The molecule has 4 aromatic rings. The smallest absolute Gasteiger partial charge is 0.150 e. The Morgan fingerprint density at radius 3 is 1.89 bits per heavy atom. The van der Waals surface area contributed by atoms with Gasteiger partial charge >= 0.3 is 0 Å². The predicted octanol–water partition coefficient (Wildman–Crippen LogP) is 13.1. The van der Waals surface area contributed by atoms with Crippen LogP contribution in [0.3, 0.4) is 0 Å². The van der Waals surface area contributed by atoms with Crippen molar-refractivity contribution in [3.8, 4) is 22.9 Å². The fourth-order valence-electron chi connectivity index (χ4n) is 6.64. The molecule has 0 saturated heterocycles. The van der Waals surface area contributed by atoms with Crippen LogP contribution in [-0.4, -0.2) is 20.2 Å². The van der Waals surface area contributed by atoms with E-state index in [0.29, 0.717) is 38.8 Å². The van der Waals surface area contributed by atoms with Crippen LogP contribution in [-0.2, 0) is 6.42 Å². The SMILES string of the molecule is CCCCC(CC)CN(CC(CC)CCCC)c1cc(N)c(N)cc1OC.CCCCCc1ccc(N=Nc2sc(N)c(C#N)c2-c2ccccc2)cc1. The molecule has 0 spiro atoms. The first kappa shape index (κ1) is 43.9. The molecule has 0 saturated carbocycles. The van der Waals surface area contributed by atoms with Gasteiger partial charge in [-0.1, -0.05) is 140 Å². The average molecular weight is 752 g/mol. The maximum Gasteiger partial charge on any atom is 0.150 e. The quantitative estimate of drug-likeness (QED) is 0.0440. The van der Waals surface area contributed by atoms with E-state index < -0.39 is 0 Å². The highest BCUT2D eigenvalue weighted by molar-refractivity contribution is 7.20. The predicted molar refractivity (Wildman–Crippen MR) is 233 cm³/mol. The normalized spacial score (nSPS) is 12.2. The molecule has 8 nitrogen and oxygen atoms in total. The van der Waals surface area contributed by atoms with E-state index in [1.165, 1.54) is 87.5 Å². The molecule has 2 unspecified atom stereocenters. The van der Waals surface area contributed by atoms with Gasteiger partial charge in [0.05, 0.1) is 35.4 Å². The largest absolute Gasteiger partial charge is 0.495 e. The summed E-state index contributed by atoms with van der Waals surface area (Å²) in [6.45, 7) is 13.5. The third-order valence-corrected chi connectivity index (χ3v) is 11.0. The lowest BCUT2D eigenvalue weighted by Crippen LogP contribution is -2.34. The molecule has 0 bridgehead atoms. The molecule has 0 fully saturated rings. The van der Waals surface area contributed by atoms with Crippen molar-refractivity contribution in [1.29, 1.82) is 5.26 Å². The lowest BCUT2D eigenvalue weighted by molar-refractivity contribution is 0.390. The Morgan fingerprint density at radius 1 is 0.759 bits per heavy atom. The maximum absolute atomic E-state index is 9.48. The van der Waals surface area contributed by atoms with E-state index in [4.69, 9.17) is 21.9 Å². The molecule has 0 aliphatic carbocycles. The fraction of sp³-hybridized carbons (Fsp3) is 0.489. The van der Waals surface area contributed by atoms with Gasteiger partial charge < -0.3 is 26.8 Å². The Morgan fingerprint density at radius 2 is 1.35 bits per heavy atom. The van der Waals surface area contributed by atoms with Crippen molar-refractivity contribution < 1.29 is 4.74 Å². The number of methoxy groups -OCH3 is 1. The van der Waals surface area contributed by atoms with Crippen molar-refractivity contribution in [3.05, 3.63) is 77.9 Å². The van der Waals surface area contributed by atoms with Crippen molar-refractivity contribution in [2.24, 2.45) is 22.1 Å². The van der Waals surface area contributed by atoms with E-state index in [-0.39, 0.29) is 0 Å². The van der Waals surface area contributed by atoms with E-state index in [2.05, 4.69) is 67.9 Å². The molecule has 0 aliphatic heterocycles. The monoisotopic (exact) mass is 751 g/mol. The molecular formula is C45H65N7OS. The lowest BCUT2D eigenvalue weighted by Gasteiger charge is -2.33. The van der Waals surface area contributed by atoms with Gasteiger partial charge in [0.15, 0.2) is 0 Å². The Labute approximate surface area is 329 Å². The van der Waals surface area contributed by atoms with E-state index in [1.807, 2.05) is 54.6 Å². The van der Waals surface area contributed by atoms with Crippen molar-refractivity contribution in [2.75, 3.05) is 42.3 Å². The number of unbranched alkanes of at least 4 members (excludes halogenated alkanes) is 4. The number of hydrogen-bond acceptors (Lipinski definition) is 9. The highest BCUT2D eigenvalue weighted by Gasteiger charge is 2.22. The van der Waals surface area contributed by atoms with Gasteiger partial charge in [-0.05, 0) is 66.8 Å². The first-order chi connectivity index (χ1) is 26.2. The summed E-state index contributed by atoms with van der Waals surface area (Å²) in [5.41, 5.74) is 24.8. The number of hydrogen-bond donors (Lipinski definition) is 3. The number of azo groups is 1. The van der Waals surface area contributed by atoms with Crippen LogP contribution >= 0.6 is 11.3 Å². The second-order valence-corrected chi connectivity index (χ2v) is 15.2. The number of anilines is 4. The molecule has 54 heavy (non-hydrogen) atoms. The maximum atomic E-state index is 9.48. The molecule has 3 aromatic carbocycles. The van der Waals surface area contributed by atoms with Gasteiger partial charge in [-0.3, -0.25) is 0 Å². The average Bonchev–Trinajstić information content (AvgIpc) is 3.53. The highest BCUT2D eigenvalue weighted by Crippen LogP contribution is 2.44. The number of nitriles is 1. The second kappa shape index (κ2) is 24.0. The summed E-state index contributed by atoms with van der Waals surface area (Å²) in [6, 6.07) is 24.0. The number of thiophene rings is 1. The van der Waals surface area contributed by atoms with Crippen LogP contribution in [0, 0.1) is 23.2 Å². The third kappa shape index (κ3) is 13.4. The lowest BCUT2D eigenvalue weighted by atomic mass is 9.95. The van der Waals surface area contributed by atoms with Gasteiger partial charge in [-0.15, -0.1) is 10.2 Å². The molecule has 0 radical (unpaired) electrons. The zero-order valence-corrected chi connectivity index (χ0v) is 34.6. The molecule has 0 aliphatic rings. The first-order valence-electron chi connectivity index (χ1n) is 20.1. The van der Waals surface area contributed by atoms with E-state index in [9.17, 15) is 5.26 Å². The van der Waals surface area contributed by atoms with Gasteiger partial charge in [0.25, 0.3) is 0 Å². The Bertz CT molecular complexity index is 1710. The number of rotatable bonds is 21. The topological polar surface area (TPSA) is 139 Å². The van der Waals surface area contributed by atoms with Crippen LogP contribution in [0.1, 0.15) is 116 Å². The van der Waals surface area contributed by atoms with Crippen molar-refractivity contribution >= 4 is 44.1 Å². The molecule has 292 valence electrons. The minimum atomic E-state index is 0.464. The summed E-state index contributed by atoms with van der Waals surface area (Å²) in [7, 11) is 1.72. The van der Waals surface area contributed by atoms with Gasteiger partial charge in [0, 0.05) is 24.7 Å². The third-order valence-electron chi connectivity index (χ3n) is 10.1. The fourth-order valence-corrected chi connectivity index (χ4v) is 7.50. The summed E-state index contributed by atoms with van der Waals surface area (Å²) in [5.74, 6) is 2.21. The highest BCUT2D eigenvalue weighted by atomic mass is 32.1. The summed E-state index contributed by atoms with van der Waals surface area (Å²) < 4.78 is 5.68. The van der Waals surface area contributed by atoms with Crippen LogP contribution in [0.15, 0.2) is 77.0 Å². The number of nitrogens with zero attached hydrogens (tertiary/aromatic N) is 4. The summed E-state index contributed by atoms with van der Waals surface area (Å²) in [4.78, 5) is 2.52. The molecule has 9 heteroatoms. The Hall–Kier alpha value is -4.55. The molecule has 1 aromatic heterocycles. The molecule has 1 heterocycles. The number of benzene rings is 3. The van der Waals surface area contributed by atoms with Gasteiger partial charge in [-0.25, -0.2) is 0 Å². The zero-order chi connectivity index (χ0) is 39.3. The molecule has 6 N–H and O–H groups in total. The van der Waals surface area contributed by atoms with E-state index in [0.717, 1.165) is 47.8 Å². The van der Waals surface area contributed by atoms with Crippen molar-refractivity contribution in [2.45, 2.75) is 112 Å². The number of ether oxygens (including phenoxy) is 1. The zero-order valence-electron chi connectivity index (χ0n) is 33.7. The molecule has 4 rings (SSSR count). The minimum Gasteiger partial charge on any atom is -0.495 e. The van der Waals surface area contributed by atoms with Crippen molar-refractivity contribution in [1.82, 2.24) is 0 Å². The van der Waals surface area contributed by atoms with Crippen LogP contribution in [0.2, 0.25) is 0 Å². The van der Waals surface area contributed by atoms with Gasteiger partial charge in [0.1, 0.15) is 21.8 Å². The minimum absolute atomic E-state index is 0.464. The Balaban J connectivity index is 0.000000290. The van der Waals surface area contributed by atoms with E-state index >= 15 is 0 Å². The van der Waals surface area contributed by atoms with Crippen LogP contribution in [0.4, 0.5) is 32.8 Å². The van der Waals surface area contributed by atoms with Crippen LogP contribution < -0.4 is 26.8 Å². The summed E-state index contributed by atoms with van der Waals surface area (Å²) >= 11 is 1.29. The van der Waals surface area contributed by atoms with Crippen molar-refractivity contribution in [3.63, 3.8) is 0 Å². The Kier molecular flexibility index (Phi) is 19.5. The van der Waals surface area contributed by atoms with Crippen LogP contribution in [0.25, 0.3) is 11.1 Å². The van der Waals surface area contributed by atoms with Gasteiger partial charge in [0.2, 0.25) is 0 Å². The number of aryl methyl sites for hydroxylation is 1. The first-order valence-corrected chi connectivity index (χ1v) is 20.9. The molecule has 2 atom stereocenters. The molecular weight excluding hydrogens is 687 g/mol. The number of nitrogen functional groups attached to an aromatic ring is 3. The number of nitrogens with two attached hydrogens (primary N) is 3. The summed E-state index contributed by atoms with van der Waals surface area (Å²) in [6.07, 6.45) is 14.8.